The zero-order valence-corrected chi connectivity index (χ0v) is 12.6. The van der Waals surface area contributed by atoms with E-state index in [1.54, 1.807) is 5.56 Å². The van der Waals surface area contributed by atoms with Gasteiger partial charge in [0.25, 0.3) is 0 Å². The molecule has 2 heterocycles. The molecule has 0 bridgehead atoms. The summed E-state index contributed by atoms with van der Waals surface area (Å²) >= 11 is 2.01. The Morgan fingerprint density at radius 3 is 3.05 bits per heavy atom. The third-order valence-electron chi connectivity index (χ3n) is 4.44. The van der Waals surface area contributed by atoms with E-state index in [2.05, 4.69) is 41.4 Å². The van der Waals surface area contributed by atoms with Crippen molar-refractivity contribution in [2.75, 3.05) is 38.5 Å². The van der Waals surface area contributed by atoms with E-state index in [9.17, 15) is 0 Å². The van der Waals surface area contributed by atoms with Crippen molar-refractivity contribution in [2.45, 2.75) is 24.2 Å². The van der Waals surface area contributed by atoms with E-state index in [1.807, 2.05) is 11.8 Å². The molecule has 3 heteroatoms. The molecular formula is C16H24N2S. The van der Waals surface area contributed by atoms with Gasteiger partial charge in [0.05, 0.1) is 0 Å². The molecule has 1 N–H and O–H groups in total. The van der Waals surface area contributed by atoms with Crippen LogP contribution < -0.4 is 5.32 Å². The second-order valence-electron chi connectivity index (χ2n) is 5.75. The van der Waals surface area contributed by atoms with Gasteiger partial charge in [-0.1, -0.05) is 25.1 Å². The Bertz CT molecular complexity index is 421. The predicted octanol–water partition coefficient (Wildman–Crippen LogP) is 2.81. The average Bonchev–Trinajstić information content (AvgIpc) is 3.06. The molecule has 2 aliphatic rings. The standard InChI is InChI=1S/C16H24N2S/c1-2-18-8-7-13(11-18)9-17-10-14-12-19-16-6-4-3-5-15(14)16/h3-6,13-14,17H,2,7-12H2,1H3. The van der Waals surface area contributed by atoms with Gasteiger partial charge in [0.1, 0.15) is 0 Å². The Morgan fingerprint density at radius 2 is 2.21 bits per heavy atom. The summed E-state index contributed by atoms with van der Waals surface area (Å²) < 4.78 is 0. The van der Waals surface area contributed by atoms with Crippen LogP contribution in [0.1, 0.15) is 24.8 Å². The molecule has 0 aliphatic carbocycles. The first-order chi connectivity index (χ1) is 9.36. The van der Waals surface area contributed by atoms with Gasteiger partial charge in [-0.05, 0) is 43.6 Å². The predicted molar refractivity (Wildman–Crippen MR) is 83.0 cm³/mol. The van der Waals surface area contributed by atoms with Gasteiger partial charge in [0.15, 0.2) is 0 Å². The molecule has 1 fully saturated rings. The minimum absolute atomic E-state index is 0.713. The molecule has 1 aromatic carbocycles. The molecule has 2 atom stereocenters. The Hall–Kier alpha value is -0.510. The molecule has 19 heavy (non-hydrogen) atoms. The number of fused-ring (bicyclic) bond motifs is 1. The van der Waals surface area contributed by atoms with E-state index >= 15 is 0 Å². The van der Waals surface area contributed by atoms with Crippen molar-refractivity contribution >= 4 is 11.8 Å². The molecular weight excluding hydrogens is 252 g/mol. The van der Waals surface area contributed by atoms with Crippen LogP contribution in [-0.2, 0) is 0 Å². The lowest BCUT2D eigenvalue weighted by atomic mass is 10.0. The molecule has 2 aliphatic heterocycles. The molecule has 104 valence electrons. The van der Waals surface area contributed by atoms with Gasteiger partial charge in [-0.3, -0.25) is 0 Å². The summed E-state index contributed by atoms with van der Waals surface area (Å²) in [7, 11) is 0. The number of hydrogen-bond acceptors (Lipinski definition) is 3. The second-order valence-corrected chi connectivity index (χ2v) is 6.81. The van der Waals surface area contributed by atoms with Gasteiger partial charge in [0.2, 0.25) is 0 Å². The normalized spacial score (nSPS) is 26.8. The van der Waals surface area contributed by atoms with Crippen LogP contribution in [0.4, 0.5) is 0 Å². The summed E-state index contributed by atoms with van der Waals surface area (Å²) in [5.74, 6) is 2.83. The lowest BCUT2D eigenvalue weighted by Gasteiger charge is -2.16. The van der Waals surface area contributed by atoms with Crippen LogP contribution in [0.15, 0.2) is 29.2 Å². The maximum atomic E-state index is 3.71. The molecule has 0 aromatic heterocycles. The number of likely N-dealkylation sites (tertiary alicyclic amines) is 1. The molecule has 0 saturated carbocycles. The third kappa shape index (κ3) is 3.15. The van der Waals surface area contributed by atoms with E-state index < -0.39 is 0 Å². The number of benzene rings is 1. The topological polar surface area (TPSA) is 15.3 Å². The van der Waals surface area contributed by atoms with Crippen molar-refractivity contribution in [3.05, 3.63) is 29.8 Å². The number of rotatable bonds is 5. The Morgan fingerprint density at radius 1 is 1.32 bits per heavy atom. The SMILES string of the molecule is CCN1CCC(CNCC2CSc3ccccc32)C1. The number of hydrogen-bond donors (Lipinski definition) is 1. The first-order valence-electron chi connectivity index (χ1n) is 7.51. The Kier molecular flexibility index (Phi) is 4.46. The maximum absolute atomic E-state index is 3.71. The second kappa shape index (κ2) is 6.29. The summed E-state index contributed by atoms with van der Waals surface area (Å²) in [5.41, 5.74) is 1.56. The number of nitrogens with one attached hydrogen (secondary N) is 1. The summed E-state index contributed by atoms with van der Waals surface area (Å²) in [4.78, 5) is 4.06. The van der Waals surface area contributed by atoms with E-state index in [0.717, 1.165) is 12.5 Å². The first-order valence-corrected chi connectivity index (χ1v) is 8.50. The molecule has 0 spiro atoms. The fraction of sp³-hybridized carbons (Fsp3) is 0.625. The van der Waals surface area contributed by atoms with Crippen LogP contribution in [0.3, 0.4) is 0 Å². The monoisotopic (exact) mass is 276 g/mol. The van der Waals surface area contributed by atoms with Crippen molar-refractivity contribution in [1.82, 2.24) is 10.2 Å². The van der Waals surface area contributed by atoms with Crippen LogP contribution in [0, 0.1) is 5.92 Å². The minimum Gasteiger partial charge on any atom is -0.316 e. The van der Waals surface area contributed by atoms with Gasteiger partial charge in [-0.25, -0.2) is 0 Å². The summed E-state index contributed by atoms with van der Waals surface area (Å²) in [6.07, 6.45) is 1.37. The van der Waals surface area contributed by atoms with Gasteiger partial charge >= 0.3 is 0 Å². The molecule has 2 nitrogen and oxygen atoms in total. The highest BCUT2D eigenvalue weighted by Crippen LogP contribution is 2.38. The molecule has 1 saturated heterocycles. The lowest BCUT2D eigenvalue weighted by molar-refractivity contribution is 0.338. The van der Waals surface area contributed by atoms with E-state index in [0.29, 0.717) is 5.92 Å². The van der Waals surface area contributed by atoms with Crippen molar-refractivity contribution < 1.29 is 0 Å². The Balaban J connectivity index is 1.44. The van der Waals surface area contributed by atoms with Gasteiger partial charge < -0.3 is 10.2 Å². The van der Waals surface area contributed by atoms with Crippen LogP contribution in [0.2, 0.25) is 0 Å². The summed E-state index contributed by atoms with van der Waals surface area (Å²) in [6, 6.07) is 8.89. The van der Waals surface area contributed by atoms with Crippen molar-refractivity contribution in [3.8, 4) is 0 Å². The van der Waals surface area contributed by atoms with Gasteiger partial charge in [0, 0.05) is 29.7 Å². The molecule has 0 radical (unpaired) electrons. The van der Waals surface area contributed by atoms with Crippen LogP contribution in [0.5, 0.6) is 0 Å². The van der Waals surface area contributed by atoms with Crippen molar-refractivity contribution in [1.29, 1.82) is 0 Å². The summed E-state index contributed by atoms with van der Waals surface area (Å²) in [6.45, 7) is 8.41. The molecule has 0 amide bonds. The van der Waals surface area contributed by atoms with Crippen LogP contribution >= 0.6 is 11.8 Å². The molecule has 2 unspecified atom stereocenters. The quantitative estimate of drug-likeness (QED) is 0.890. The average molecular weight is 276 g/mol. The van der Waals surface area contributed by atoms with Crippen LogP contribution in [0.25, 0.3) is 0 Å². The van der Waals surface area contributed by atoms with E-state index in [4.69, 9.17) is 0 Å². The first kappa shape index (κ1) is 13.5. The highest BCUT2D eigenvalue weighted by molar-refractivity contribution is 7.99. The highest BCUT2D eigenvalue weighted by Gasteiger charge is 2.24. The number of thioether (sulfide) groups is 1. The molecule has 1 aromatic rings. The van der Waals surface area contributed by atoms with E-state index in [1.165, 1.54) is 43.2 Å². The third-order valence-corrected chi connectivity index (χ3v) is 5.69. The number of nitrogens with zero attached hydrogens (tertiary/aromatic N) is 1. The lowest BCUT2D eigenvalue weighted by Crippen LogP contribution is -2.29. The van der Waals surface area contributed by atoms with Gasteiger partial charge in [-0.2, -0.15) is 0 Å². The van der Waals surface area contributed by atoms with E-state index in [-0.39, 0.29) is 0 Å². The largest absolute Gasteiger partial charge is 0.316 e. The zero-order chi connectivity index (χ0) is 13.1. The van der Waals surface area contributed by atoms with Crippen molar-refractivity contribution in [3.63, 3.8) is 0 Å². The Labute approximate surface area is 121 Å². The maximum Gasteiger partial charge on any atom is 0.0108 e. The fourth-order valence-corrected chi connectivity index (χ4v) is 4.48. The summed E-state index contributed by atoms with van der Waals surface area (Å²) in [5, 5.41) is 3.71. The van der Waals surface area contributed by atoms with Crippen molar-refractivity contribution in [2.24, 2.45) is 5.92 Å². The van der Waals surface area contributed by atoms with Crippen LogP contribution in [-0.4, -0.2) is 43.4 Å². The minimum atomic E-state index is 0.713. The van der Waals surface area contributed by atoms with Gasteiger partial charge in [-0.15, -0.1) is 11.8 Å². The zero-order valence-electron chi connectivity index (χ0n) is 11.8. The highest BCUT2D eigenvalue weighted by atomic mass is 32.2. The molecule has 3 rings (SSSR count). The fourth-order valence-electron chi connectivity index (χ4n) is 3.23. The smallest absolute Gasteiger partial charge is 0.0108 e.